The van der Waals surface area contributed by atoms with Crippen molar-refractivity contribution in [3.8, 4) is 0 Å². The van der Waals surface area contributed by atoms with Crippen LogP contribution in [0.4, 0.5) is 8.78 Å². The summed E-state index contributed by atoms with van der Waals surface area (Å²) < 4.78 is 26.9. The number of halogens is 2. The molecule has 0 radical (unpaired) electrons. The fourth-order valence-electron chi connectivity index (χ4n) is 2.14. The number of hydrogen-bond donors (Lipinski definition) is 0. The third-order valence-electron chi connectivity index (χ3n) is 3.12. The number of rotatable bonds is 5. The molecule has 0 aromatic rings. The Morgan fingerprint density at radius 1 is 1.39 bits per heavy atom. The summed E-state index contributed by atoms with van der Waals surface area (Å²) in [6.45, 7) is 4.00. The van der Waals surface area contributed by atoms with Crippen LogP contribution in [0.25, 0.3) is 0 Å². The summed E-state index contributed by atoms with van der Waals surface area (Å²) >= 11 is 0. The van der Waals surface area contributed by atoms with Crippen LogP contribution >= 0.6 is 0 Å². The van der Waals surface area contributed by atoms with Crippen molar-refractivity contribution < 1.29 is 18.4 Å². The van der Waals surface area contributed by atoms with Crippen molar-refractivity contribution in [2.45, 2.75) is 46.0 Å². The van der Waals surface area contributed by atoms with Gasteiger partial charge in [0.25, 0.3) is 5.92 Å². The molecule has 100 valence electrons. The first-order valence-electron chi connectivity index (χ1n) is 6.14. The Kier molecular flexibility index (Phi) is 4.54. The quantitative estimate of drug-likeness (QED) is 0.706. The van der Waals surface area contributed by atoms with Crippen molar-refractivity contribution in [2.75, 3.05) is 0 Å². The number of alkyl halides is 2. The summed E-state index contributed by atoms with van der Waals surface area (Å²) in [4.78, 5) is 23.3. The van der Waals surface area contributed by atoms with Gasteiger partial charge in [-0.3, -0.25) is 9.59 Å². The van der Waals surface area contributed by atoms with Gasteiger partial charge < -0.3 is 0 Å². The predicted molar refractivity (Wildman–Crippen MR) is 65.5 cm³/mol. The molecule has 1 aliphatic rings. The molecule has 0 aromatic carbocycles. The molecular formula is C14H18F2O2. The van der Waals surface area contributed by atoms with E-state index in [0.29, 0.717) is 12.8 Å². The second kappa shape index (κ2) is 5.55. The maximum atomic E-state index is 13.5. The van der Waals surface area contributed by atoms with Crippen LogP contribution in [-0.4, -0.2) is 17.5 Å². The number of unbranched alkanes of at least 4 members (excludes halogenated alkanes) is 1. The van der Waals surface area contributed by atoms with Crippen molar-refractivity contribution in [3.05, 3.63) is 23.3 Å². The summed E-state index contributed by atoms with van der Waals surface area (Å²) in [5, 5.41) is 0. The van der Waals surface area contributed by atoms with E-state index in [9.17, 15) is 18.4 Å². The summed E-state index contributed by atoms with van der Waals surface area (Å²) in [6.07, 6.45) is 4.34. The number of carbonyl (C=O) groups is 2. The van der Waals surface area contributed by atoms with Gasteiger partial charge >= 0.3 is 0 Å². The number of ketones is 2. The standard InChI is InChI=1S/C14H18F2O2/c1-4-5-6-11-12(14(3,15)16)8-7-10(9(2)17)13(11)18/h7-8,11H,4-6H2,1-3H3. The van der Waals surface area contributed by atoms with E-state index in [1.54, 1.807) is 0 Å². The van der Waals surface area contributed by atoms with E-state index in [-0.39, 0.29) is 16.9 Å². The van der Waals surface area contributed by atoms with E-state index in [0.717, 1.165) is 13.3 Å². The van der Waals surface area contributed by atoms with Gasteiger partial charge in [-0.25, -0.2) is 8.78 Å². The second-order valence-electron chi connectivity index (χ2n) is 4.71. The Balaban J connectivity index is 3.12. The van der Waals surface area contributed by atoms with Crippen LogP contribution in [-0.2, 0) is 9.59 Å². The minimum Gasteiger partial charge on any atom is -0.294 e. The van der Waals surface area contributed by atoms with Crippen molar-refractivity contribution in [3.63, 3.8) is 0 Å². The lowest BCUT2D eigenvalue weighted by Gasteiger charge is -2.26. The fraction of sp³-hybridized carbons (Fsp3) is 0.571. The Morgan fingerprint density at radius 3 is 2.44 bits per heavy atom. The molecule has 0 aromatic heterocycles. The molecule has 1 rings (SSSR count). The van der Waals surface area contributed by atoms with E-state index < -0.39 is 17.6 Å². The molecule has 0 N–H and O–H groups in total. The molecule has 0 aliphatic heterocycles. The van der Waals surface area contributed by atoms with Crippen molar-refractivity contribution in [2.24, 2.45) is 5.92 Å². The lowest BCUT2D eigenvalue weighted by molar-refractivity contribution is -0.123. The first-order chi connectivity index (χ1) is 8.29. The zero-order valence-electron chi connectivity index (χ0n) is 10.9. The summed E-state index contributed by atoms with van der Waals surface area (Å²) in [5.41, 5.74) is -0.143. The molecule has 4 heteroatoms. The summed E-state index contributed by atoms with van der Waals surface area (Å²) in [5.74, 6) is -4.70. The molecule has 1 aliphatic carbocycles. The smallest absolute Gasteiger partial charge is 0.267 e. The molecule has 1 unspecified atom stereocenters. The number of hydrogen-bond acceptors (Lipinski definition) is 2. The highest BCUT2D eigenvalue weighted by Gasteiger charge is 2.39. The Labute approximate surface area is 106 Å². The lowest BCUT2D eigenvalue weighted by atomic mass is 9.79. The van der Waals surface area contributed by atoms with Gasteiger partial charge in [0.2, 0.25) is 0 Å². The van der Waals surface area contributed by atoms with Crippen molar-refractivity contribution in [1.82, 2.24) is 0 Å². The van der Waals surface area contributed by atoms with Gasteiger partial charge in [-0.1, -0.05) is 25.8 Å². The van der Waals surface area contributed by atoms with E-state index in [1.807, 2.05) is 6.92 Å². The van der Waals surface area contributed by atoms with Gasteiger partial charge in [0.05, 0.1) is 5.57 Å². The molecular weight excluding hydrogens is 238 g/mol. The van der Waals surface area contributed by atoms with Crippen LogP contribution in [0, 0.1) is 5.92 Å². The molecule has 2 nitrogen and oxygen atoms in total. The summed E-state index contributed by atoms with van der Waals surface area (Å²) in [6, 6.07) is 0. The molecule has 0 heterocycles. The largest absolute Gasteiger partial charge is 0.294 e. The average molecular weight is 256 g/mol. The predicted octanol–water partition coefficient (Wildman–Crippen LogP) is 3.47. The highest BCUT2D eigenvalue weighted by atomic mass is 19.3. The molecule has 0 spiro atoms. The zero-order valence-corrected chi connectivity index (χ0v) is 10.9. The average Bonchev–Trinajstić information content (AvgIpc) is 2.25. The third-order valence-corrected chi connectivity index (χ3v) is 3.12. The fourth-order valence-corrected chi connectivity index (χ4v) is 2.14. The molecule has 18 heavy (non-hydrogen) atoms. The van der Waals surface area contributed by atoms with Crippen LogP contribution in [0.1, 0.15) is 40.0 Å². The first kappa shape index (κ1) is 14.7. The maximum Gasteiger partial charge on any atom is 0.267 e. The van der Waals surface area contributed by atoms with E-state index >= 15 is 0 Å². The molecule has 0 saturated heterocycles. The van der Waals surface area contributed by atoms with Crippen LogP contribution in [0.3, 0.4) is 0 Å². The Morgan fingerprint density at radius 2 is 2.00 bits per heavy atom. The van der Waals surface area contributed by atoms with Gasteiger partial charge in [-0.15, -0.1) is 0 Å². The van der Waals surface area contributed by atoms with Crippen LogP contribution in [0.5, 0.6) is 0 Å². The first-order valence-corrected chi connectivity index (χ1v) is 6.14. The topological polar surface area (TPSA) is 34.1 Å². The molecule has 0 saturated carbocycles. The van der Waals surface area contributed by atoms with Crippen LogP contribution in [0.15, 0.2) is 23.3 Å². The number of allylic oxidation sites excluding steroid dienone is 4. The Hall–Kier alpha value is -1.32. The van der Waals surface area contributed by atoms with Crippen LogP contribution in [0.2, 0.25) is 0 Å². The van der Waals surface area contributed by atoms with E-state index in [4.69, 9.17) is 0 Å². The Bertz CT molecular complexity index is 414. The lowest BCUT2D eigenvalue weighted by Crippen LogP contribution is -2.32. The third kappa shape index (κ3) is 3.12. The molecule has 1 atom stereocenters. The molecule has 0 bridgehead atoms. The van der Waals surface area contributed by atoms with Crippen molar-refractivity contribution in [1.29, 1.82) is 0 Å². The zero-order chi connectivity index (χ0) is 13.9. The van der Waals surface area contributed by atoms with E-state index in [1.165, 1.54) is 19.1 Å². The van der Waals surface area contributed by atoms with Gasteiger partial charge in [-0.2, -0.15) is 0 Å². The maximum absolute atomic E-state index is 13.5. The van der Waals surface area contributed by atoms with Gasteiger partial charge in [0.1, 0.15) is 0 Å². The normalized spacial score (nSPS) is 20.5. The van der Waals surface area contributed by atoms with Gasteiger partial charge in [0.15, 0.2) is 11.6 Å². The highest BCUT2D eigenvalue weighted by Crippen LogP contribution is 2.36. The molecule has 0 amide bonds. The highest BCUT2D eigenvalue weighted by molar-refractivity contribution is 6.21. The monoisotopic (exact) mass is 256 g/mol. The number of carbonyl (C=O) groups excluding carboxylic acids is 2. The van der Waals surface area contributed by atoms with E-state index in [2.05, 4.69) is 0 Å². The van der Waals surface area contributed by atoms with Gasteiger partial charge in [0, 0.05) is 18.4 Å². The minimum atomic E-state index is -3.02. The number of Topliss-reactive ketones (excluding diaryl/α,β-unsaturated/α-hetero) is 2. The second-order valence-corrected chi connectivity index (χ2v) is 4.71. The van der Waals surface area contributed by atoms with Crippen molar-refractivity contribution >= 4 is 11.6 Å². The summed E-state index contributed by atoms with van der Waals surface area (Å²) in [7, 11) is 0. The van der Waals surface area contributed by atoms with Crippen LogP contribution < -0.4 is 0 Å². The SMILES string of the molecule is CCCCC1C(=O)C(C(C)=O)=CC=C1C(C)(F)F. The minimum absolute atomic E-state index is 0.0316. The van der Waals surface area contributed by atoms with Gasteiger partial charge in [-0.05, 0) is 19.4 Å². The molecule has 0 fully saturated rings.